The molecule has 4 aromatic rings. The standard InChI is InChI=1S/C22H20N2S3/c1-3-25-19-13-23-17-11-7-5-9-15(17)21(19)27-22-16-10-6-8-12-18(16)24-14-20(22)26-4-2/h5-14H,3-4H2,1-2H3. The summed E-state index contributed by atoms with van der Waals surface area (Å²) in [5.41, 5.74) is 2.09. The van der Waals surface area contributed by atoms with Gasteiger partial charge in [-0.15, -0.1) is 23.5 Å². The Morgan fingerprint density at radius 1 is 0.667 bits per heavy atom. The van der Waals surface area contributed by atoms with E-state index in [4.69, 9.17) is 0 Å². The number of hydrogen-bond acceptors (Lipinski definition) is 5. The largest absolute Gasteiger partial charge is 0.255 e. The Morgan fingerprint density at radius 3 is 1.56 bits per heavy atom. The van der Waals surface area contributed by atoms with E-state index in [0.717, 1.165) is 22.5 Å². The van der Waals surface area contributed by atoms with Crippen LogP contribution in [0.2, 0.25) is 0 Å². The molecule has 136 valence electrons. The van der Waals surface area contributed by atoms with E-state index in [1.165, 1.54) is 30.4 Å². The van der Waals surface area contributed by atoms with Crippen molar-refractivity contribution in [2.45, 2.75) is 33.4 Å². The summed E-state index contributed by atoms with van der Waals surface area (Å²) in [4.78, 5) is 14.4. The minimum atomic E-state index is 1.03. The van der Waals surface area contributed by atoms with Crippen molar-refractivity contribution in [3.63, 3.8) is 0 Å². The first-order chi connectivity index (χ1) is 13.3. The van der Waals surface area contributed by atoms with Gasteiger partial charge in [-0.3, -0.25) is 9.97 Å². The Morgan fingerprint density at radius 2 is 1.11 bits per heavy atom. The zero-order valence-electron chi connectivity index (χ0n) is 15.3. The van der Waals surface area contributed by atoms with E-state index in [-0.39, 0.29) is 0 Å². The highest BCUT2D eigenvalue weighted by atomic mass is 32.2. The fourth-order valence-corrected chi connectivity index (χ4v) is 6.06. The van der Waals surface area contributed by atoms with E-state index in [9.17, 15) is 0 Å². The fraction of sp³-hybridized carbons (Fsp3) is 0.182. The van der Waals surface area contributed by atoms with Gasteiger partial charge in [-0.05, 0) is 23.6 Å². The number of rotatable bonds is 6. The molecule has 0 amide bonds. The molecular weight excluding hydrogens is 388 g/mol. The quantitative estimate of drug-likeness (QED) is 0.315. The molecule has 2 heterocycles. The molecular formula is C22H20N2S3. The third-order valence-corrected chi connectivity index (χ3v) is 7.56. The lowest BCUT2D eigenvalue weighted by atomic mass is 10.2. The Hall–Kier alpha value is -1.69. The van der Waals surface area contributed by atoms with Gasteiger partial charge in [0.25, 0.3) is 0 Å². The van der Waals surface area contributed by atoms with E-state index in [0.29, 0.717) is 0 Å². The van der Waals surface area contributed by atoms with Crippen LogP contribution in [0, 0.1) is 0 Å². The smallest absolute Gasteiger partial charge is 0.0714 e. The fourth-order valence-electron chi connectivity index (χ4n) is 3.02. The number of nitrogens with zero attached hydrogens (tertiary/aromatic N) is 2. The summed E-state index contributed by atoms with van der Waals surface area (Å²) >= 11 is 5.57. The Labute approximate surface area is 172 Å². The highest BCUT2D eigenvalue weighted by molar-refractivity contribution is 8.04. The first kappa shape index (κ1) is 18.7. The molecule has 0 spiro atoms. The molecule has 2 aromatic carbocycles. The van der Waals surface area contributed by atoms with Crippen LogP contribution in [0.3, 0.4) is 0 Å². The van der Waals surface area contributed by atoms with Crippen molar-refractivity contribution in [3.8, 4) is 0 Å². The zero-order chi connectivity index (χ0) is 18.6. The summed E-state index contributed by atoms with van der Waals surface area (Å²) < 4.78 is 0. The van der Waals surface area contributed by atoms with Crippen LogP contribution in [-0.2, 0) is 0 Å². The molecule has 0 atom stereocenters. The highest BCUT2D eigenvalue weighted by Crippen LogP contribution is 2.45. The second-order valence-electron chi connectivity index (χ2n) is 5.91. The van der Waals surface area contributed by atoms with Gasteiger partial charge in [-0.25, -0.2) is 0 Å². The molecule has 0 N–H and O–H groups in total. The monoisotopic (exact) mass is 408 g/mol. The van der Waals surface area contributed by atoms with Crippen molar-refractivity contribution in [1.29, 1.82) is 0 Å². The Balaban J connectivity index is 1.94. The third kappa shape index (κ3) is 3.82. The van der Waals surface area contributed by atoms with E-state index >= 15 is 0 Å². The lowest BCUT2D eigenvalue weighted by Gasteiger charge is -2.15. The summed E-state index contributed by atoms with van der Waals surface area (Å²) in [7, 11) is 0. The van der Waals surface area contributed by atoms with Crippen molar-refractivity contribution < 1.29 is 0 Å². The number of benzene rings is 2. The molecule has 5 heteroatoms. The summed E-state index contributed by atoms with van der Waals surface area (Å²) in [6, 6.07) is 16.8. The maximum atomic E-state index is 4.67. The van der Waals surface area contributed by atoms with Crippen molar-refractivity contribution in [2.24, 2.45) is 0 Å². The van der Waals surface area contributed by atoms with Crippen LogP contribution in [0.15, 0.2) is 80.5 Å². The van der Waals surface area contributed by atoms with Gasteiger partial charge in [0.05, 0.1) is 11.0 Å². The lowest BCUT2D eigenvalue weighted by molar-refractivity contribution is 1.17. The van der Waals surface area contributed by atoms with Gasteiger partial charge in [0, 0.05) is 42.7 Å². The number of pyridine rings is 2. The first-order valence-corrected chi connectivity index (χ1v) is 11.8. The average molecular weight is 409 g/mol. The molecule has 0 aliphatic carbocycles. The second-order valence-corrected chi connectivity index (χ2v) is 9.54. The first-order valence-electron chi connectivity index (χ1n) is 9.00. The van der Waals surface area contributed by atoms with E-state index in [1.54, 1.807) is 0 Å². The number of fused-ring (bicyclic) bond motifs is 2. The molecule has 0 bridgehead atoms. The van der Waals surface area contributed by atoms with Gasteiger partial charge in [-0.1, -0.05) is 62.0 Å². The maximum Gasteiger partial charge on any atom is 0.0714 e. The number of aromatic nitrogens is 2. The minimum Gasteiger partial charge on any atom is -0.255 e. The molecule has 0 fully saturated rings. The van der Waals surface area contributed by atoms with Crippen LogP contribution in [0.1, 0.15) is 13.8 Å². The van der Waals surface area contributed by atoms with Gasteiger partial charge >= 0.3 is 0 Å². The van der Waals surface area contributed by atoms with Gasteiger partial charge in [0.2, 0.25) is 0 Å². The SMILES string of the molecule is CCSc1cnc2ccccc2c1Sc1c(SCC)cnc2ccccc12. The van der Waals surface area contributed by atoms with E-state index in [2.05, 4.69) is 72.3 Å². The van der Waals surface area contributed by atoms with Crippen molar-refractivity contribution in [1.82, 2.24) is 9.97 Å². The van der Waals surface area contributed by atoms with Crippen LogP contribution < -0.4 is 0 Å². The molecule has 0 saturated heterocycles. The zero-order valence-corrected chi connectivity index (χ0v) is 17.8. The Kier molecular flexibility index (Phi) is 5.91. The van der Waals surface area contributed by atoms with Gasteiger partial charge in [0.1, 0.15) is 0 Å². The normalized spacial score (nSPS) is 11.3. The molecule has 0 aliphatic heterocycles. The topological polar surface area (TPSA) is 25.8 Å². The van der Waals surface area contributed by atoms with Crippen LogP contribution in [0.5, 0.6) is 0 Å². The molecule has 0 radical (unpaired) electrons. The van der Waals surface area contributed by atoms with Crippen LogP contribution >= 0.6 is 35.3 Å². The molecule has 4 rings (SSSR count). The molecule has 0 unspecified atom stereocenters. The van der Waals surface area contributed by atoms with Crippen molar-refractivity contribution >= 4 is 57.1 Å². The third-order valence-electron chi connectivity index (χ3n) is 4.19. The summed E-state index contributed by atoms with van der Waals surface area (Å²) in [6.45, 7) is 4.38. The average Bonchev–Trinajstić information content (AvgIpc) is 2.71. The highest BCUT2D eigenvalue weighted by Gasteiger charge is 2.16. The summed E-state index contributed by atoms with van der Waals surface area (Å²) in [6.07, 6.45) is 4.05. The summed E-state index contributed by atoms with van der Waals surface area (Å²) in [5.74, 6) is 2.06. The predicted octanol–water partition coefficient (Wildman–Crippen LogP) is 7.16. The number of thioether (sulfide) groups is 2. The number of para-hydroxylation sites is 2. The maximum absolute atomic E-state index is 4.67. The minimum absolute atomic E-state index is 1.03. The number of hydrogen-bond donors (Lipinski definition) is 0. The molecule has 0 aliphatic rings. The van der Waals surface area contributed by atoms with Gasteiger partial charge in [-0.2, -0.15) is 0 Å². The van der Waals surface area contributed by atoms with Crippen LogP contribution in [0.25, 0.3) is 21.8 Å². The molecule has 0 saturated carbocycles. The van der Waals surface area contributed by atoms with Gasteiger partial charge < -0.3 is 0 Å². The van der Waals surface area contributed by atoms with Crippen LogP contribution in [0.4, 0.5) is 0 Å². The van der Waals surface area contributed by atoms with E-state index < -0.39 is 0 Å². The second kappa shape index (κ2) is 8.55. The van der Waals surface area contributed by atoms with Crippen molar-refractivity contribution in [2.75, 3.05) is 11.5 Å². The summed E-state index contributed by atoms with van der Waals surface area (Å²) in [5, 5.41) is 2.43. The lowest BCUT2D eigenvalue weighted by Crippen LogP contribution is -1.91. The predicted molar refractivity (Wildman–Crippen MR) is 120 cm³/mol. The van der Waals surface area contributed by atoms with Crippen LogP contribution in [-0.4, -0.2) is 21.5 Å². The molecule has 2 aromatic heterocycles. The Bertz CT molecular complexity index is 1010. The van der Waals surface area contributed by atoms with Gasteiger partial charge in [0.15, 0.2) is 0 Å². The van der Waals surface area contributed by atoms with E-state index in [1.807, 2.05) is 47.7 Å². The molecule has 2 nitrogen and oxygen atoms in total. The van der Waals surface area contributed by atoms with Crippen molar-refractivity contribution in [3.05, 3.63) is 60.9 Å². The molecule has 27 heavy (non-hydrogen) atoms.